The number of rotatable bonds is 4. The zero-order valence-corrected chi connectivity index (χ0v) is 15.5. The summed E-state index contributed by atoms with van der Waals surface area (Å²) in [6.45, 7) is 6.66. The lowest BCUT2D eigenvalue weighted by Crippen LogP contribution is -2.55. The molecule has 1 amide bonds. The highest BCUT2D eigenvalue weighted by atomic mass is 16.3. The highest BCUT2D eigenvalue weighted by Crippen LogP contribution is 2.41. The van der Waals surface area contributed by atoms with Gasteiger partial charge in [-0.1, -0.05) is 25.0 Å². The van der Waals surface area contributed by atoms with Gasteiger partial charge in [-0.2, -0.15) is 0 Å². The monoisotopic (exact) mass is 345 g/mol. The molecule has 2 N–H and O–H groups in total. The van der Waals surface area contributed by atoms with E-state index < -0.39 is 0 Å². The van der Waals surface area contributed by atoms with Gasteiger partial charge >= 0.3 is 0 Å². The molecule has 1 aliphatic carbocycles. The first-order valence-corrected chi connectivity index (χ1v) is 9.47. The molecule has 0 bridgehead atoms. The fraction of sp³-hybridized carbons (Fsp3) is 0.650. The Balaban J connectivity index is 1.65. The van der Waals surface area contributed by atoms with Crippen LogP contribution in [0.5, 0.6) is 5.75 Å². The number of carbonyl (C=O) groups is 1. The van der Waals surface area contributed by atoms with Crippen LogP contribution in [0.15, 0.2) is 24.3 Å². The predicted molar refractivity (Wildman–Crippen MR) is 99.8 cm³/mol. The second-order valence-corrected chi connectivity index (χ2v) is 7.93. The van der Waals surface area contributed by atoms with E-state index in [1.165, 1.54) is 12.0 Å². The Morgan fingerprint density at radius 3 is 2.56 bits per heavy atom. The lowest BCUT2D eigenvalue weighted by Gasteiger charge is -2.43. The standard InChI is InChI=1S/C20H31N3O2/c1-20(21-19(25)15-23-13-11-22(2)12-14-23)10-4-3-5-18(20)16-6-8-17(24)9-7-16/h6-9,18,24H,3-5,10-15H2,1-2H3,(H,21,25). The van der Waals surface area contributed by atoms with E-state index in [9.17, 15) is 9.90 Å². The minimum absolute atomic E-state index is 0.137. The van der Waals surface area contributed by atoms with E-state index in [-0.39, 0.29) is 11.4 Å². The number of phenols is 1. The summed E-state index contributed by atoms with van der Waals surface area (Å²) in [5.41, 5.74) is 0.999. The van der Waals surface area contributed by atoms with E-state index >= 15 is 0 Å². The number of phenolic OH excluding ortho intramolecular Hbond substituents is 1. The minimum atomic E-state index is -0.209. The number of hydrogen-bond donors (Lipinski definition) is 2. The third-order valence-corrected chi connectivity index (χ3v) is 5.89. The predicted octanol–water partition coefficient (Wildman–Crippen LogP) is 2.17. The number of likely N-dealkylation sites (N-methyl/N-ethyl adjacent to an activating group) is 1. The minimum Gasteiger partial charge on any atom is -0.508 e. The molecule has 0 radical (unpaired) electrons. The molecule has 2 atom stereocenters. The van der Waals surface area contributed by atoms with Gasteiger partial charge in [0.2, 0.25) is 5.91 Å². The maximum Gasteiger partial charge on any atom is 0.234 e. The van der Waals surface area contributed by atoms with Crippen LogP contribution in [0.1, 0.15) is 44.1 Å². The van der Waals surface area contributed by atoms with Gasteiger partial charge < -0.3 is 15.3 Å². The molecule has 5 nitrogen and oxygen atoms in total. The van der Waals surface area contributed by atoms with Crippen LogP contribution in [0.2, 0.25) is 0 Å². The van der Waals surface area contributed by atoms with Gasteiger partial charge in [0.1, 0.15) is 5.75 Å². The van der Waals surface area contributed by atoms with E-state index in [1.807, 2.05) is 12.1 Å². The highest BCUT2D eigenvalue weighted by Gasteiger charge is 2.38. The largest absolute Gasteiger partial charge is 0.508 e. The molecule has 3 rings (SSSR count). The Kier molecular flexibility index (Phi) is 5.64. The maximum absolute atomic E-state index is 12.7. The molecule has 1 saturated heterocycles. The Hall–Kier alpha value is -1.59. The average Bonchev–Trinajstić information content (AvgIpc) is 2.58. The first kappa shape index (κ1) is 18.2. The van der Waals surface area contributed by atoms with E-state index in [0.717, 1.165) is 45.4 Å². The average molecular weight is 345 g/mol. The Morgan fingerprint density at radius 2 is 1.88 bits per heavy atom. The normalized spacial score (nSPS) is 28.6. The van der Waals surface area contributed by atoms with Gasteiger partial charge in [-0.25, -0.2) is 0 Å². The number of carbonyl (C=O) groups excluding carboxylic acids is 1. The molecule has 5 heteroatoms. The zero-order valence-electron chi connectivity index (χ0n) is 15.5. The molecular formula is C20H31N3O2. The number of benzene rings is 1. The van der Waals surface area contributed by atoms with Gasteiger partial charge in [-0.05, 0) is 44.5 Å². The number of aromatic hydroxyl groups is 1. The summed E-state index contributed by atoms with van der Waals surface area (Å²) >= 11 is 0. The fourth-order valence-electron chi connectivity index (χ4n) is 4.29. The second-order valence-electron chi connectivity index (χ2n) is 7.93. The maximum atomic E-state index is 12.7. The fourth-order valence-corrected chi connectivity index (χ4v) is 4.29. The van der Waals surface area contributed by atoms with Gasteiger partial charge in [-0.15, -0.1) is 0 Å². The van der Waals surface area contributed by atoms with Crippen molar-refractivity contribution in [2.24, 2.45) is 0 Å². The van der Waals surface area contributed by atoms with Crippen molar-refractivity contribution in [3.05, 3.63) is 29.8 Å². The number of hydrogen-bond acceptors (Lipinski definition) is 4. The van der Waals surface area contributed by atoms with Crippen molar-refractivity contribution in [2.75, 3.05) is 39.8 Å². The van der Waals surface area contributed by atoms with Gasteiger partial charge in [-0.3, -0.25) is 9.69 Å². The number of nitrogens with one attached hydrogen (secondary N) is 1. The summed E-state index contributed by atoms with van der Waals surface area (Å²) in [7, 11) is 2.13. The lowest BCUT2D eigenvalue weighted by atomic mass is 9.70. The molecule has 2 fully saturated rings. The molecule has 0 aromatic heterocycles. The van der Waals surface area contributed by atoms with Gasteiger partial charge in [0.15, 0.2) is 0 Å². The molecular weight excluding hydrogens is 314 g/mol. The molecule has 1 saturated carbocycles. The third-order valence-electron chi connectivity index (χ3n) is 5.89. The van der Waals surface area contributed by atoms with E-state index in [4.69, 9.17) is 0 Å². The molecule has 25 heavy (non-hydrogen) atoms. The van der Waals surface area contributed by atoms with Crippen LogP contribution in [0.3, 0.4) is 0 Å². The lowest BCUT2D eigenvalue weighted by molar-refractivity contribution is -0.125. The molecule has 1 heterocycles. The number of amides is 1. The van der Waals surface area contributed by atoms with E-state index in [2.05, 4.69) is 29.1 Å². The number of nitrogens with zero attached hydrogens (tertiary/aromatic N) is 2. The van der Waals surface area contributed by atoms with E-state index in [0.29, 0.717) is 18.2 Å². The van der Waals surface area contributed by atoms with Crippen molar-refractivity contribution in [3.63, 3.8) is 0 Å². The van der Waals surface area contributed by atoms with Crippen LogP contribution >= 0.6 is 0 Å². The molecule has 1 aromatic carbocycles. The number of piperazine rings is 1. The van der Waals surface area contributed by atoms with Crippen LogP contribution < -0.4 is 5.32 Å². The van der Waals surface area contributed by atoms with Crippen molar-refractivity contribution in [3.8, 4) is 5.75 Å². The molecule has 1 aliphatic heterocycles. The van der Waals surface area contributed by atoms with Crippen LogP contribution in [0.25, 0.3) is 0 Å². The molecule has 0 spiro atoms. The summed E-state index contributed by atoms with van der Waals surface area (Å²) in [6, 6.07) is 7.49. The Bertz CT molecular complexity index is 581. The van der Waals surface area contributed by atoms with Gasteiger partial charge in [0, 0.05) is 37.6 Å². The summed E-state index contributed by atoms with van der Waals surface area (Å²) < 4.78 is 0. The van der Waals surface area contributed by atoms with Crippen LogP contribution in [0, 0.1) is 0 Å². The van der Waals surface area contributed by atoms with Crippen molar-refractivity contribution < 1.29 is 9.90 Å². The zero-order chi connectivity index (χ0) is 17.9. The van der Waals surface area contributed by atoms with E-state index in [1.54, 1.807) is 12.1 Å². The van der Waals surface area contributed by atoms with Crippen molar-refractivity contribution in [2.45, 2.75) is 44.1 Å². The van der Waals surface area contributed by atoms with Crippen LogP contribution in [-0.2, 0) is 4.79 Å². The molecule has 138 valence electrons. The molecule has 2 aliphatic rings. The Labute approximate surface area is 151 Å². The summed E-state index contributed by atoms with van der Waals surface area (Å²) in [6.07, 6.45) is 4.43. The molecule has 2 unspecified atom stereocenters. The second kappa shape index (κ2) is 7.75. The molecule has 1 aromatic rings. The quantitative estimate of drug-likeness (QED) is 0.878. The van der Waals surface area contributed by atoms with Gasteiger partial charge in [0.05, 0.1) is 6.54 Å². The first-order valence-electron chi connectivity index (χ1n) is 9.47. The van der Waals surface area contributed by atoms with Crippen LogP contribution in [-0.4, -0.2) is 66.1 Å². The smallest absolute Gasteiger partial charge is 0.234 e. The van der Waals surface area contributed by atoms with Gasteiger partial charge in [0.25, 0.3) is 0 Å². The first-order chi connectivity index (χ1) is 12.0. The topological polar surface area (TPSA) is 55.8 Å². The third kappa shape index (κ3) is 4.53. The van der Waals surface area contributed by atoms with Crippen molar-refractivity contribution in [1.82, 2.24) is 15.1 Å². The summed E-state index contributed by atoms with van der Waals surface area (Å²) in [4.78, 5) is 17.2. The van der Waals surface area contributed by atoms with Crippen LogP contribution in [0.4, 0.5) is 0 Å². The Morgan fingerprint density at radius 1 is 1.20 bits per heavy atom. The summed E-state index contributed by atoms with van der Waals surface area (Å²) in [5, 5.41) is 12.9. The SMILES string of the molecule is CN1CCN(CC(=O)NC2(C)CCCCC2c2ccc(O)cc2)CC1. The van der Waals surface area contributed by atoms with Crippen molar-refractivity contribution >= 4 is 5.91 Å². The summed E-state index contributed by atoms with van der Waals surface area (Å²) in [5.74, 6) is 0.733. The van der Waals surface area contributed by atoms with Crippen molar-refractivity contribution in [1.29, 1.82) is 0 Å². The highest BCUT2D eigenvalue weighted by molar-refractivity contribution is 5.79.